The standard InChI is InChI=1S/C80H135NO13/c1-3-5-7-9-11-13-15-17-19-21-23-25-27-29-31-33-34-36-37-39-41-43-45-47-49-51-53-55-57-59-61-63-69(84)68(67-91-79-77(90)75(88)78(71(66-83)93-79)94-80-76(89)74(87)73(86)70(65-82)92-80)81-72(85)64-62-60-58-56-54-52-50-48-46-44-42-40-38-35-32-30-28-26-24-22-20-18-16-14-12-10-8-6-4-2/h6,8,12,14,18,20,24,26,30,32,38,40,44,46,50,52-53,55-56,58,61,63,68-71,73-80,82-84,86-90H,3-5,7,9-11,13,15-17,19,21-23,25,27-29,31,33-37,39,41-43,45,47-49,51,54,57,59-60,62,64-67H2,1-2H3,(H,81,85)/b8-6-,14-12-,20-18-,26-24-,32-30-,40-38-,46-44-,52-50-,55-53+,58-56-,63-61+. The maximum absolute atomic E-state index is 13.3. The molecule has 14 nitrogen and oxygen atoms in total. The monoisotopic (exact) mass is 1320 g/mol. The van der Waals surface area contributed by atoms with Crippen LogP contribution < -0.4 is 5.32 Å². The molecule has 2 rings (SSSR count). The molecule has 0 radical (unpaired) electrons. The maximum atomic E-state index is 13.3. The number of amides is 1. The zero-order chi connectivity index (χ0) is 68.0. The van der Waals surface area contributed by atoms with Gasteiger partial charge in [0.15, 0.2) is 12.6 Å². The predicted molar refractivity (Wildman–Crippen MR) is 387 cm³/mol. The number of hydrogen-bond acceptors (Lipinski definition) is 13. The molecular weight excluding hydrogens is 1180 g/mol. The second kappa shape index (κ2) is 62.6. The van der Waals surface area contributed by atoms with Crippen molar-refractivity contribution < 1.29 is 64.6 Å². The number of allylic oxidation sites excluding steroid dienone is 21. The van der Waals surface area contributed by atoms with Crippen LogP contribution in [0.15, 0.2) is 134 Å². The second-order valence-electron chi connectivity index (χ2n) is 25.7. The van der Waals surface area contributed by atoms with Crippen LogP contribution in [0.2, 0.25) is 0 Å². The lowest BCUT2D eigenvalue weighted by atomic mass is 9.97. The molecule has 14 heteroatoms. The number of aliphatic hydroxyl groups excluding tert-OH is 8. The number of nitrogens with one attached hydrogen (secondary N) is 1. The van der Waals surface area contributed by atoms with Gasteiger partial charge in [0.25, 0.3) is 0 Å². The molecule has 0 aromatic heterocycles. The quantitative estimate of drug-likeness (QED) is 0.0204. The van der Waals surface area contributed by atoms with Crippen molar-refractivity contribution in [3.8, 4) is 0 Å². The topological polar surface area (TPSA) is 228 Å². The summed E-state index contributed by atoms with van der Waals surface area (Å²) in [6.07, 6.45) is 76.7. The molecule has 538 valence electrons. The predicted octanol–water partition coefficient (Wildman–Crippen LogP) is 16.2. The van der Waals surface area contributed by atoms with E-state index in [9.17, 15) is 45.6 Å². The van der Waals surface area contributed by atoms with Crippen LogP contribution in [0.3, 0.4) is 0 Å². The van der Waals surface area contributed by atoms with Crippen molar-refractivity contribution in [3.05, 3.63) is 134 Å². The molecule has 0 aromatic rings. The van der Waals surface area contributed by atoms with Gasteiger partial charge in [0.05, 0.1) is 32.0 Å². The van der Waals surface area contributed by atoms with Crippen molar-refractivity contribution in [2.24, 2.45) is 0 Å². The molecule has 2 aliphatic rings. The summed E-state index contributed by atoms with van der Waals surface area (Å²) in [5.41, 5.74) is 0. The highest BCUT2D eigenvalue weighted by molar-refractivity contribution is 5.76. The van der Waals surface area contributed by atoms with Crippen molar-refractivity contribution in [2.45, 2.75) is 344 Å². The highest BCUT2D eigenvalue weighted by atomic mass is 16.7. The lowest BCUT2D eigenvalue weighted by molar-refractivity contribution is -0.359. The first kappa shape index (κ1) is 86.2. The number of hydrogen-bond donors (Lipinski definition) is 9. The maximum Gasteiger partial charge on any atom is 0.220 e. The molecule has 2 aliphatic heterocycles. The van der Waals surface area contributed by atoms with Crippen LogP contribution in [-0.2, 0) is 23.7 Å². The minimum absolute atomic E-state index is 0.184. The first-order chi connectivity index (χ1) is 46.1. The molecule has 12 unspecified atom stereocenters. The van der Waals surface area contributed by atoms with Crippen LogP contribution in [-0.4, -0.2) is 140 Å². The summed E-state index contributed by atoms with van der Waals surface area (Å²) < 4.78 is 22.8. The summed E-state index contributed by atoms with van der Waals surface area (Å²) in [4.78, 5) is 13.3. The van der Waals surface area contributed by atoms with Crippen LogP contribution in [0.5, 0.6) is 0 Å². The Hall–Kier alpha value is -3.87. The van der Waals surface area contributed by atoms with E-state index in [1.807, 2.05) is 12.2 Å². The number of unbranched alkanes of at least 4 members (excludes halogenated alkanes) is 27. The molecule has 1 amide bonds. The van der Waals surface area contributed by atoms with Crippen molar-refractivity contribution in [1.29, 1.82) is 0 Å². The first-order valence-corrected chi connectivity index (χ1v) is 37.4. The number of carbonyl (C=O) groups excluding carboxylic acids is 1. The molecule has 2 fully saturated rings. The third-order valence-corrected chi connectivity index (χ3v) is 17.3. The number of ether oxygens (including phenoxy) is 4. The Morgan fingerprint density at radius 3 is 1.17 bits per heavy atom. The molecule has 94 heavy (non-hydrogen) atoms. The zero-order valence-electron chi connectivity index (χ0n) is 58.7. The van der Waals surface area contributed by atoms with Gasteiger partial charge in [-0.25, -0.2) is 0 Å². The average molecular weight is 1320 g/mol. The van der Waals surface area contributed by atoms with Gasteiger partial charge in [-0.2, -0.15) is 0 Å². The third-order valence-electron chi connectivity index (χ3n) is 17.3. The van der Waals surface area contributed by atoms with Crippen LogP contribution in [0, 0.1) is 0 Å². The summed E-state index contributed by atoms with van der Waals surface area (Å²) >= 11 is 0. The summed E-state index contributed by atoms with van der Waals surface area (Å²) in [5, 5.41) is 87.5. The van der Waals surface area contributed by atoms with Crippen molar-refractivity contribution in [3.63, 3.8) is 0 Å². The van der Waals surface area contributed by atoms with Crippen LogP contribution in [0.25, 0.3) is 0 Å². The van der Waals surface area contributed by atoms with E-state index in [1.165, 1.54) is 161 Å². The SMILES string of the molecule is CC/C=C\C/C=C\C/C=C\C/C=C\C/C=C\C/C=C\C/C=C\C/C=C\C/C=C\CCCC(=O)NC(COC1OC(CO)C(OC2OC(CO)C(O)C(O)C2O)C(O)C1O)C(O)/C=C/CC/C=C/CCCCCCCCCCCCCCCCCCCCCCCCCCC. The molecule has 2 saturated heterocycles. The van der Waals surface area contributed by atoms with Gasteiger partial charge in [-0.1, -0.05) is 302 Å². The van der Waals surface area contributed by atoms with E-state index in [4.69, 9.17) is 18.9 Å². The van der Waals surface area contributed by atoms with E-state index in [2.05, 4.69) is 135 Å². The normalized spacial score (nSPS) is 23.3. The van der Waals surface area contributed by atoms with Crippen molar-refractivity contribution >= 4 is 5.91 Å². The van der Waals surface area contributed by atoms with E-state index in [-0.39, 0.29) is 18.9 Å². The Morgan fingerprint density at radius 1 is 0.394 bits per heavy atom. The van der Waals surface area contributed by atoms with E-state index in [0.717, 1.165) is 70.6 Å². The number of rotatable bonds is 60. The summed E-state index contributed by atoms with van der Waals surface area (Å²) in [7, 11) is 0. The van der Waals surface area contributed by atoms with Gasteiger partial charge in [0, 0.05) is 6.42 Å². The largest absolute Gasteiger partial charge is 0.394 e. The second-order valence-corrected chi connectivity index (χ2v) is 25.7. The fourth-order valence-electron chi connectivity index (χ4n) is 11.4. The highest BCUT2D eigenvalue weighted by Gasteiger charge is 2.51. The Kier molecular flexibility index (Phi) is 57.4. The average Bonchev–Trinajstić information content (AvgIpc) is 0.794. The van der Waals surface area contributed by atoms with Crippen LogP contribution in [0.4, 0.5) is 0 Å². The number of aliphatic hydroxyl groups is 8. The van der Waals surface area contributed by atoms with Gasteiger partial charge in [0.1, 0.15) is 48.8 Å². The van der Waals surface area contributed by atoms with E-state index >= 15 is 0 Å². The summed E-state index contributed by atoms with van der Waals surface area (Å²) in [6, 6.07) is -0.975. The fourth-order valence-corrected chi connectivity index (χ4v) is 11.4. The van der Waals surface area contributed by atoms with E-state index in [0.29, 0.717) is 19.3 Å². The van der Waals surface area contributed by atoms with E-state index in [1.54, 1.807) is 6.08 Å². The summed E-state index contributed by atoms with van der Waals surface area (Å²) in [6.45, 7) is 2.65. The molecule has 0 spiro atoms. The lowest BCUT2D eigenvalue weighted by Crippen LogP contribution is -2.65. The van der Waals surface area contributed by atoms with E-state index < -0.39 is 86.8 Å². The third kappa shape index (κ3) is 45.6. The fraction of sp³-hybridized carbons (Fsp3) is 0.713. The van der Waals surface area contributed by atoms with Crippen LogP contribution >= 0.6 is 0 Å². The minimum Gasteiger partial charge on any atom is -0.394 e. The Labute approximate surface area is 570 Å². The Balaban J connectivity index is 1.71. The minimum atomic E-state index is -1.81. The van der Waals surface area contributed by atoms with Crippen molar-refractivity contribution in [1.82, 2.24) is 5.32 Å². The van der Waals surface area contributed by atoms with Crippen molar-refractivity contribution in [2.75, 3.05) is 19.8 Å². The lowest BCUT2D eigenvalue weighted by Gasteiger charge is -2.46. The zero-order valence-corrected chi connectivity index (χ0v) is 58.7. The molecule has 0 aromatic carbocycles. The van der Waals surface area contributed by atoms with Gasteiger partial charge in [-0.15, -0.1) is 0 Å². The number of carbonyl (C=O) groups is 1. The summed E-state index contributed by atoms with van der Waals surface area (Å²) in [5.74, 6) is -0.310. The van der Waals surface area contributed by atoms with Gasteiger partial charge in [-0.05, 0) is 96.3 Å². The van der Waals surface area contributed by atoms with Gasteiger partial charge < -0.3 is 65.1 Å². The highest BCUT2D eigenvalue weighted by Crippen LogP contribution is 2.30. The smallest absolute Gasteiger partial charge is 0.220 e. The molecular formula is C80H135NO13. The molecule has 0 bridgehead atoms. The molecule has 2 heterocycles. The van der Waals surface area contributed by atoms with Gasteiger partial charge in [-0.3, -0.25) is 4.79 Å². The molecule has 0 aliphatic carbocycles. The van der Waals surface area contributed by atoms with Gasteiger partial charge >= 0.3 is 0 Å². The molecule has 12 atom stereocenters. The Bertz CT molecular complexity index is 2090. The van der Waals surface area contributed by atoms with Gasteiger partial charge in [0.2, 0.25) is 5.91 Å². The molecule has 9 N–H and O–H groups in total. The first-order valence-electron chi connectivity index (χ1n) is 37.4. The van der Waals surface area contributed by atoms with Crippen LogP contribution in [0.1, 0.15) is 271 Å². The Morgan fingerprint density at radius 2 is 0.745 bits per heavy atom. The molecule has 0 saturated carbocycles.